The van der Waals surface area contributed by atoms with Gasteiger partial charge in [-0.3, -0.25) is 0 Å². The zero-order valence-corrected chi connectivity index (χ0v) is 5.96. The summed E-state index contributed by atoms with van der Waals surface area (Å²) in [6.45, 7) is 0. The van der Waals surface area contributed by atoms with Crippen molar-refractivity contribution in [2.24, 2.45) is 0 Å². The summed E-state index contributed by atoms with van der Waals surface area (Å²) in [6.07, 6.45) is 0. The van der Waals surface area contributed by atoms with Crippen LogP contribution in [0.3, 0.4) is 0 Å². The minimum Gasteiger partial charge on any atom is -1.00 e. The van der Waals surface area contributed by atoms with Gasteiger partial charge in [-0.2, -0.15) is 0 Å². The van der Waals surface area contributed by atoms with Crippen molar-refractivity contribution in [2.75, 3.05) is 0 Å². The summed E-state index contributed by atoms with van der Waals surface area (Å²) in [5.74, 6) is 0. The summed E-state index contributed by atoms with van der Waals surface area (Å²) < 4.78 is 0. The first-order valence-corrected chi connectivity index (χ1v) is 0. The topological polar surface area (TPSA) is 31.5 Å². The first-order chi connectivity index (χ1) is 0. The van der Waals surface area contributed by atoms with Gasteiger partial charge in [0.2, 0.25) is 0 Å². The van der Waals surface area contributed by atoms with Crippen molar-refractivity contribution in [3.63, 3.8) is 0 Å². The zero-order valence-electron chi connectivity index (χ0n) is 1.91. The van der Waals surface area contributed by atoms with Gasteiger partial charge in [0, 0.05) is 0 Å². The Labute approximate surface area is 78.6 Å². The second-order valence-corrected chi connectivity index (χ2v) is 0. The average Bonchev–Trinajstić information content (AvgIpc) is 0. The number of hydrogen-bond acceptors (Lipinski definition) is 0. The smallest absolute Gasteiger partial charge is 1.00 e. The van der Waals surface area contributed by atoms with Crippen LogP contribution in [0.15, 0.2) is 0 Å². The van der Waals surface area contributed by atoms with Gasteiger partial charge in [-0.15, -0.1) is 0 Å². The molecule has 2 N–H and O–H groups in total. The van der Waals surface area contributed by atoms with Crippen LogP contribution in [-0.2, 0) is 0 Å². The maximum absolute atomic E-state index is 0. The Bertz CT molecular complexity index is 6.85. The fraction of sp³-hybridized carbons (Fsp3) is 0. The van der Waals surface area contributed by atoms with Crippen molar-refractivity contribution in [1.82, 2.24) is 0 Å². The minimum absolute atomic E-state index is 0. The molecule has 0 aromatic rings. The van der Waals surface area contributed by atoms with Gasteiger partial charge in [0.05, 0.1) is 0 Å². The van der Waals surface area contributed by atoms with E-state index in [1.165, 1.54) is 0 Å². The van der Waals surface area contributed by atoms with Gasteiger partial charge in [-0.1, -0.05) is 0 Å². The molecule has 0 fully saturated rings. The summed E-state index contributed by atoms with van der Waals surface area (Å²) in [4.78, 5) is 0. The van der Waals surface area contributed by atoms with Gasteiger partial charge in [-0.25, -0.2) is 0 Å². The third-order valence-electron chi connectivity index (χ3n) is 0. The van der Waals surface area contributed by atoms with Gasteiger partial charge in [-0.05, 0) is 0 Å². The maximum atomic E-state index is 0. The van der Waals surface area contributed by atoms with Crippen molar-refractivity contribution in [3.8, 4) is 0 Å². The van der Waals surface area contributed by atoms with E-state index >= 15 is 0 Å². The van der Waals surface area contributed by atoms with Crippen LogP contribution in [0.5, 0.6) is 0 Å². The molecule has 0 bridgehead atoms. The first kappa shape index (κ1) is 61.0. The SMILES string of the molecule is O.[Cl-].[Cl-].[Cl-].[Tm+3]. The Morgan fingerprint density at radius 2 is 0.600 bits per heavy atom. The molecule has 0 radical (unpaired) electrons. The monoisotopic (exact) mass is 292 g/mol. The van der Waals surface area contributed by atoms with E-state index in [-0.39, 0.29) is 79.6 Å². The molecule has 5 heteroatoms. The van der Waals surface area contributed by atoms with Gasteiger partial charge >= 0.3 is 36.9 Å². The fourth-order valence-corrected chi connectivity index (χ4v) is 0. The van der Waals surface area contributed by atoms with E-state index in [4.69, 9.17) is 0 Å². The van der Waals surface area contributed by atoms with Crippen molar-refractivity contribution >= 4 is 0 Å². The zero-order chi connectivity index (χ0) is 0. The second-order valence-electron chi connectivity index (χ2n) is 0. The van der Waals surface area contributed by atoms with Crippen LogP contribution in [0.2, 0.25) is 0 Å². The molecule has 0 amide bonds. The molecule has 0 atom stereocenters. The van der Waals surface area contributed by atoms with Crippen LogP contribution in [0, 0.1) is 36.9 Å². The molecule has 0 aliphatic carbocycles. The molecule has 0 saturated heterocycles. The predicted molar refractivity (Wildman–Crippen MR) is 3.61 cm³/mol. The normalized spacial score (nSPS) is 0. The Kier molecular flexibility index (Phi) is 445. The molecule has 0 aliphatic heterocycles. The third-order valence-corrected chi connectivity index (χ3v) is 0. The van der Waals surface area contributed by atoms with Crippen LogP contribution in [0.25, 0.3) is 0 Å². The molecule has 0 unspecified atom stereocenters. The van der Waals surface area contributed by atoms with Crippen molar-refractivity contribution in [2.45, 2.75) is 0 Å². The Morgan fingerprint density at radius 3 is 0.600 bits per heavy atom. The molecular formula is H2Cl3OTm. The van der Waals surface area contributed by atoms with Gasteiger partial charge in [0.15, 0.2) is 0 Å². The maximum Gasteiger partial charge on any atom is 3.00 e. The van der Waals surface area contributed by atoms with Crippen molar-refractivity contribution < 1.29 is 79.6 Å². The number of hydrogen-bond donors (Lipinski definition) is 0. The molecular weight excluding hydrogens is 291 g/mol. The molecule has 0 heterocycles. The molecule has 5 heavy (non-hydrogen) atoms. The van der Waals surface area contributed by atoms with E-state index < -0.39 is 0 Å². The summed E-state index contributed by atoms with van der Waals surface area (Å²) >= 11 is 0. The molecule has 0 aromatic heterocycles. The van der Waals surface area contributed by atoms with Gasteiger partial charge in [0.25, 0.3) is 0 Å². The second kappa shape index (κ2) is 36.5. The van der Waals surface area contributed by atoms with Crippen molar-refractivity contribution in [1.29, 1.82) is 0 Å². The summed E-state index contributed by atoms with van der Waals surface area (Å²) in [5.41, 5.74) is 0. The molecule has 0 aliphatic rings. The summed E-state index contributed by atoms with van der Waals surface area (Å²) in [6, 6.07) is 0. The van der Waals surface area contributed by atoms with E-state index in [2.05, 4.69) is 0 Å². The molecule has 1 nitrogen and oxygen atoms in total. The van der Waals surface area contributed by atoms with Crippen molar-refractivity contribution in [3.05, 3.63) is 0 Å². The Hall–Kier alpha value is 2.06. The van der Waals surface area contributed by atoms with Crippen LogP contribution in [0.1, 0.15) is 0 Å². The quantitative estimate of drug-likeness (QED) is 0.425. The number of halogens is 3. The summed E-state index contributed by atoms with van der Waals surface area (Å²) in [5, 5.41) is 0. The molecule has 0 spiro atoms. The number of rotatable bonds is 0. The minimum atomic E-state index is 0. The average molecular weight is 293 g/mol. The molecule has 0 rings (SSSR count). The van der Waals surface area contributed by atoms with Gasteiger partial charge in [0.1, 0.15) is 0 Å². The largest absolute Gasteiger partial charge is 3.00 e. The molecule has 0 saturated carbocycles. The Morgan fingerprint density at radius 1 is 0.600 bits per heavy atom. The first-order valence-electron chi connectivity index (χ1n) is 0. The summed E-state index contributed by atoms with van der Waals surface area (Å²) in [7, 11) is 0. The van der Waals surface area contributed by atoms with Gasteiger partial charge < -0.3 is 42.7 Å². The van der Waals surface area contributed by atoms with Crippen LogP contribution in [0.4, 0.5) is 0 Å². The standard InChI is InChI=1S/3ClH.H2O.Tm/h3*1H;1H2;/q;;;;+3/p-3. The van der Waals surface area contributed by atoms with E-state index in [1.54, 1.807) is 0 Å². The third kappa shape index (κ3) is 23.5. The van der Waals surface area contributed by atoms with E-state index in [0.717, 1.165) is 0 Å². The molecule has 0 aromatic carbocycles. The van der Waals surface area contributed by atoms with Crippen LogP contribution < -0.4 is 37.2 Å². The van der Waals surface area contributed by atoms with Crippen LogP contribution in [-0.4, -0.2) is 5.48 Å². The van der Waals surface area contributed by atoms with Crippen LogP contribution >= 0.6 is 0 Å². The molecule has 42 valence electrons. The predicted octanol–water partition coefficient (Wildman–Crippen LogP) is -9.81. The van der Waals surface area contributed by atoms with E-state index in [1.807, 2.05) is 0 Å². The van der Waals surface area contributed by atoms with E-state index in [9.17, 15) is 0 Å². The fourth-order valence-electron chi connectivity index (χ4n) is 0. The van der Waals surface area contributed by atoms with E-state index in [0.29, 0.717) is 0 Å². The Balaban J connectivity index is 0.